The molecule has 5 atom stereocenters. The molecule has 0 bridgehead atoms. The number of ether oxygens (including phenoxy) is 4. The van der Waals surface area contributed by atoms with E-state index in [-0.39, 0.29) is 55.5 Å². The molecule has 2 aromatic carbocycles. The van der Waals surface area contributed by atoms with Crippen LogP contribution in [0.3, 0.4) is 0 Å². The first-order chi connectivity index (χ1) is 22.9. The molecule has 2 saturated heterocycles. The molecule has 15 heteroatoms. The molecule has 5 rings (SSSR count). The molecular formula is C33H44N4O10S. The number of amides is 2. The van der Waals surface area contributed by atoms with Crippen molar-refractivity contribution in [2.45, 2.75) is 82.6 Å². The Balaban J connectivity index is 1.34. The SMILES string of the molecule is CC(C)CN(C[C@@H](O)[C@H](Cc1ccccc1)NC(=O)O[C@H]1CO[C@H]2OCC[C@H]21)S(=O)(=O)c1ccc2onc(CNC(=O)OC(C)C)c2c1. The summed E-state index contributed by atoms with van der Waals surface area (Å²) in [6.45, 7) is 7.69. The Morgan fingerprint density at radius 3 is 2.56 bits per heavy atom. The lowest BCUT2D eigenvalue weighted by Gasteiger charge is -2.31. The molecule has 262 valence electrons. The third-order valence-corrected chi connectivity index (χ3v) is 9.99. The van der Waals surface area contributed by atoms with Gasteiger partial charge in [-0.05, 0) is 56.4 Å². The van der Waals surface area contributed by atoms with Gasteiger partial charge in [-0.3, -0.25) is 0 Å². The summed E-state index contributed by atoms with van der Waals surface area (Å²) in [5, 5.41) is 21.4. The van der Waals surface area contributed by atoms with E-state index >= 15 is 0 Å². The van der Waals surface area contributed by atoms with Gasteiger partial charge in [-0.1, -0.05) is 49.3 Å². The number of carbonyl (C=O) groups is 2. The molecule has 0 saturated carbocycles. The highest BCUT2D eigenvalue weighted by Crippen LogP contribution is 2.33. The summed E-state index contributed by atoms with van der Waals surface area (Å²) < 4.78 is 56.8. The van der Waals surface area contributed by atoms with Gasteiger partial charge < -0.3 is 39.2 Å². The fraction of sp³-hybridized carbons (Fsp3) is 0.545. The second-order valence-corrected chi connectivity index (χ2v) is 14.7. The number of rotatable bonds is 14. The fourth-order valence-corrected chi connectivity index (χ4v) is 7.50. The molecule has 1 aromatic heterocycles. The molecule has 2 aliphatic rings. The van der Waals surface area contributed by atoms with Crippen LogP contribution in [0, 0.1) is 11.8 Å². The molecule has 2 amide bonds. The summed E-state index contributed by atoms with van der Waals surface area (Å²) in [5.41, 5.74) is 1.50. The normalized spacial score (nSPS) is 20.6. The standard InChI is InChI=1S/C33H44N4O10S/c1-20(2)17-37(48(41,42)23-10-11-29-25(15-23)27(36-47-29)16-34-32(39)45-21(3)4)18-28(38)26(14-22-8-6-5-7-9-22)35-33(40)46-30-19-44-31-24(30)12-13-43-31/h5-11,15,20-21,24,26,28,30-31,38H,12-14,16-19H2,1-4H3,(H,34,39)(H,35,40)/t24-,26-,28+,30-,31+/m0/s1. The molecule has 2 fully saturated rings. The molecule has 14 nitrogen and oxygen atoms in total. The summed E-state index contributed by atoms with van der Waals surface area (Å²) in [6, 6.07) is 12.7. The van der Waals surface area contributed by atoms with Crippen LogP contribution in [-0.2, 0) is 41.9 Å². The van der Waals surface area contributed by atoms with Gasteiger partial charge in [0, 0.05) is 18.5 Å². The van der Waals surface area contributed by atoms with Gasteiger partial charge in [0.05, 0.1) is 48.8 Å². The molecule has 3 N–H and O–H groups in total. The number of aliphatic hydroxyl groups is 1. The van der Waals surface area contributed by atoms with E-state index in [0.717, 1.165) is 5.56 Å². The largest absolute Gasteiger partial charge is 0.447 e. The van der Waals surface area contributed by atoms with Crippen molar-refractivity contribution in [3.05, 3.63) is 59.8 Å². The van der Waals surface area contributed by atoms with Crippen molar-refractivity contribution in [1.29, 1.82) is 0 Å². The molecule has 0 unspecified atom stereocenters. The lowest BCUT2D eigenvalue weighted by Crippen LogP contribution is -2.51. The topological polar surface area (TPSA) is 179 Å². The van der Waals surface area contributed by atoms with E-state index in [1.165, 1.54) is 22.5 Å². The quantitative estimate of drug-likeness (QED) is 0.226. The predicted octanol–water partition coefficient (Wildman–Crippen LogP) is 3.57. The van der Waals surface area contributed by atoms with Crippen LogP contribution in [0.25, 0.3) is 11.0 Å². The Morgan fingerprint density at radius 2 is 1.83 bits per heavy atom. The monoisotopic (exact) mass is 688 g/mol. The van der Waals surface area contributed by atoms with Gasteiger partial charge in [0.25, 0.3) is 0 Å². The van der Waals surface area contributed by atoms with Crippen molar-refractivity contribution in [3.63, 3.8) is 0 Å². The first kappa shape index (κ1) is 35.5. The summed E-state index contributed by atoms with van der Waals surface area (Å²) in [5.74, 6) is -0.152. The number of aliphatic hydroxyl groups excluding tert-OH is 1. The van der Waals surface area contributed by atoms with Crippen LogP contribution in [0.15, 0.2) is 57.9 Å². The smallest absolute Gasteiger partial charge is 0.407 e. The lowest BCUT2D eigenvalue weighted by atomic mass is 10.0. The minimum atomic E-state index is -4.17. The number of carbonyl (C=O) groups excluding carboxylic acids is 2. The number of sulfonamides is 1. The fourth-order valence-electron chi connectivity index (χ4n) is 5.85. The molecule has 0 aliphatic carbocycles. The minimum Gasteiger partial charge on any atom is -0.447 e. The average molecular weight is 689 g/mol. The zero-order chi connectivity index (χ0) is 34.4. The molecule has 3 heterocycles. The number of benzene rings is 2. The molecular weight excluding hydrogens is 644 g/mol. The van der Waals surface area contributed by atoms with Gasteiger partial charge >= 0.3 is 12.2 Å². The number of alkyl carbamates (subject to hydrolysis) is 2. The zero-order valence-electron chi connectivity index (χ0n) is 27.5. The van der Waals surface area contributed by atoms with E-state index in [1.807, 2.05) is 44.2 Å². The van der Waals surface area contributed by atoms with Gasteiger partial charge in [0.1, 0.15) is 11.8 Å². The maximum Gasteiger partial charge on any atom is 0.407 e. The highest BCUT2D eigenvalue weighted by molar-refractivity contribution is 7.89. The van der Waals surface area contributed by atoms with Crippen molar-refractivity contribution >= 4 is 33.2 Å². The Kier molecular flexibility index (Phi) is 11.6. The van der Waals surface area contributed by atoms with Crippen molar-refractivity contribution in [2.24, 2.45) is 11.8 Å². The van der Waals surface area contributed by atoms with Crippen LogP contribution in [0.1, 0.15) is 45.4 Å². The van der Waals surface area contributed by atoms with Crippen molar-refractivity contribution < 1.29 is 46.6 Å². The number of hydrogen-bond acceptors (Lipinski definition) is 11. The third-order valence-electron chi connectivity index (χ3n) is 8.17. The van der Waals surface area contributed by atoms with E-state index in [1.54, 1.807) is 13.8 Å². The lowest BCUT2D eigenvalue weighted by molar-refractivity contribution is -0.0907. The Morgan fingerprint density at radius 1 is 1.06 bits per heavy atom. The zero-order valence-corrected chi connectivity index (χ0v) is 28.4. The summed E-state index contributed by atoms with van der Waals surface area (Å²) in [6.07, 6.45) is -2.94. The number of hydrogen-bond donors (Lipinski definition) is 3. The second kappa shape index (κ2) is 15.6. The Bertz CT molecular complexity index is 1650. The highest BCUT2D eigenvalue weighted by Gasteiger charge is 2.44. The van der Waals surface area contributed by atoms with E-state index in [0.29, 0.717) is 29.7 Å². The van der Waals surface area contributed by atoms with E-state index in [9.17, 15) is 23.1 Å². The summed E-state index contributed by atoms with van der Waals surface area (Å²) >= 11 is 0. The predicted molar refractivity (Wildman–Crippen MR) is 173 cm³/mol. The number of nitrogens with one attached hydrogen (secondary N) is 2. The Labute approximate surface area is 280 Å². The Hall–Kier alpha value is -3.76. The molecule has 3 aromatic rings. The third kappa shape index (κ3) is 8.82. The maximum absolute atomic E-state index is 14.1. The van der Waals surface area contributed by atoms with E-state index < -0.39 is 46.7 Å². The average Bonchev–Trinajstić information content (AvgIpc) is 3.76. The van der Waals surface area contributed by atoms with Crippen molar-refractivity contribution in [1.82, 2.24) is 20.1 Å². The van der Waals surface area contributed by atoms with Gasteiger partial charge in [-0.2, -0.15) is 4.31 Å². The highest BCUT2D eigenvalue weighted by atomic mass is 32.2. The van der Waals surface area contributed by atoms with Crippen LogP contribution in [0.2, 0.25) is 0 Å². The second-order valence-electron chi connectivity index (χ2n) is 12.8. The van der Waals surface area contributed by atoms with Gasteiger partial charge in [0.15, 0.2) is 11.9 Å². The minimum absolute atomic E-state index is 0.0409. The molecule has 0 radical (unpaired) electrons. The molecule has 2 aliphatic heterocycles. The van der Waals surface area contributed by atoms with Crippen LogP contribution < -0.4 is 10.6 Å². The van der Waals surface area contributed by atoms with Crippen molar-refractivity contribution in [3.8, 4) is 0 Å². The van der Waals surface area contributed by atoms with Gasteiger partial charge in [-0.25, -0.2) is 18.0 Å². The van der Waals surface area contributed by atoms with Crippen LogP contribution in [0.4, 0.5) is 9.59 Å². The first-order valence-corrected chi connectivity index (χ1v) is 17.6. The van der Waals surface area contributed by atoms with Crippen LogP contribution >= 0.6 is 0 Å². The summed E-state index contributed by atoms with van der Waals surface area (Å²) in [7, 11) is -4.17. The van der Waals surface area contributed by atoms with E-state index in [2.05, 4.69) is 15.8 Å². The first-order valence-electron chi connectivity index (χ1n) is 16.2. The molecule has 0 spiro atoms. The van der Waals surface area contributed by atoms with E-state index in [4.69, 9.17) is 23.5 Å². The van der Waals surface area contributed by atoms with Gasteiger partial charge in [-0.15, -0.1) is 0 Å². The van der Waals surface area contributed by atoms with Crippen LogP contribution in [0.5, 0.6) is 0 Å². The van der Waals surface area contributed by atoms with Gasteiger partial charge in [0.2, 0.25) is 10.0 Å². The maximum atomic E-state index is 14.1. The molecule has 48 heavy (non-hydrogen) atoms. The van der Waals surface area contributed by atoms with Crippen LogP contribution in [-0.4, -0.2) is 92.1 Å². The number of nitrogens with zero attached hydrogens (tertiary/aromatic N) is 2. The number of fused-ring (bicyclic) bond motifs is 2. The summed E-state index contributed by atoms with van der Waals surface area (Å²) in [4.78, 5) is 25.1. The van der Waals surface area contributed by atoms with Crippen molar-refractivity contribution in [2.75, 3.05) is 26.3 Å². The number of aromatic nitrogens is 1.